The number of rotatable bonds is 4. The molecule has 0 amide bonds. The quantitative estimate of drug-likeness (QED) is 0.474. The largest absolute Gasteiger partial charge is 0.391 e. The van der Waals surface area contributed by atoms with Gasteiger partial charge in [-0.1, -0.05) is 30.2 Å². The summed E-state index contributed by atoms with van der Waals surface area (Å²) in [6, 6.07) is 10.3. The predicted octanol–water partition coefficient (Wildman–Crippen LogP) is 4.41. The van der Waals surface area contributed by atoms with Crippen LogP contribution in [0.4, 0.5) is 5.13 Å². The highest BCUT2D eigenvalue weighted by atomic mass is 79.9. The van der Waals surface area contributed by atoms with E-state index >= 15 is 0 Å². The molecule has 1 saturated carbocycles. The van der Waals surface area contributed by atoms with Gasteiger partial charge in [0.05, 0.1) is 34.3 Å². The lowest BCUT2D eigenvalue weighted by molar-refractivity contribution is 0.116. The van der Waals surface area contributed by atoms with Crippen molar-refractivity contribution in [3.8, 4) is 0 Å². The fourth-order valence-electron chi connectivity index (χ4n) is 3.81. The highest BCUT2D eigenvalue weighted by Crippen LogP contribution is 2.30. The first kappa shape index (κ1) is 18.0. The maximum atomic E-state index is 10.2. The summed E-state index contributed by atoms with van der Waals surface area (Å²) >= 11 is 5.07. The Morgan fingerprint density at radius 3 is 3.00 bits per heavy atom. The van der Waals surface area contributed by atoms with Crippen molar-refractivity contribution in [3.05, 3.63) is 52.4 Å². The smallest absolute Gasteiger partial charge is 0.184 e. The minimum atomic E-state index is -0.279. The number of halogens is 1. The molecular weight excluding hydrogens is 438 g/mol. The van der Waals surface area contributed by atoms with Gasteiger partial charge in [-0.3, -0.25) is 0 Å². The van der Waals surface area contributed by atoms with Crippen molar-refractivity contribution < 1.29 is 5.11 Å². The van der Waals surface area contributed by atoms with Crippen molar-refractivity contribution in [2.75, 3.05) is 5.32 Å². The van der Waals surface area contributed by atoms with Crippen LogP contribution in [0.25, 0.3) is 15.9 Å². The molecule has 8 heteroatoms. The maximum Gasteiger partial charge on any atom is 0.184 e. The number of benzene rings is 1. The van der Waals surface area contributed by atoms with Crippen LogP contribution in [-0.2, 0) is 6.42 Å². The first-order valence-electron chi connectivity index (χ1n) is 9.49. The zero-order valence-electron chi connectivity index (χ0n) is 15.2. The molecule has 5 rings (SSSR count). The fourth-order valence-corrected chi connectivity index (χ4v) is 5.09. The number of fused-ring (bicyclic) bond motifs is 2. The zero-order valence-corrected chi connectivity index (χ0v) is 17.6. The number of hydrogen-bond acceptors (Lipinski definition) is 6. The van der Waals surface area contributed by atoms with Gasteiger partial charge < -0.3 is 10.4 Å². The number of nitrogens with zero attached hydrogens (tertiary/aromatic N) is 4. The summed E-state index contributed by atoms with van der Waals surface area (Å²) in [6.07, 6.45) is 6.49. The highest BCUT2D eigenvalue weighted by molar-refractivity contribution is 9.10. The van der Waals surface area contributed by atoms with Gasteiger partial charge in [0.2, 0.25) is 0 Å². The third kappa shape index (κ3) is 3.52. The molecule has 0 saturated heterocycles. The van der Waals surface area contributed by atoms with E-state index in [1.807, 2.05) is 22.8 Å². The molecule has 2 atom stereocenters. The molecule has 28 heavy (non-hydrogen) atoms. The first-order chi connectivity index (χ1) is 13.7. The number of aromatic nitrogens is 4. The van der Waals surface area contributed by atoms with E-state index in [4.69, 9.17) is 4.98 Å². The average Bonchev–Trinajstić information content (AvgIpc) is 3.27. The van der Waals surface area contributed by atoms with E-state index in [1.165, 1.54) is 5.56 Å². The van der Waals surface area contributed by atoms with Crippen molar-refractivity contribution >= 4 is 48.3 Å². The van der Waals surface area contributed by atoms with Crippen LogP contribution < -0.4 is 5.32 Å². The third-order valence-electron chi connectivity index (χ3n) is 5.28. The molecule has 1 aromatic carbocycles. The van der Waals surface area contributed by atoms with Gasteiger partial charge in [0.25, 0.3) is 0 Å². The van der Waals surface area contributed by atoms with E-state index in [9.17, 15) is 5.11 Å². The molecule has 0 unspecified atom stereocenters. The highest BCUT2D eigenvalue weighted by Gasteiger charge is 2.23. The van der Waals surface area contributed by atoms with Crippen molar-refractivity contribution in [1.29, 1.82) is 0 Å². The van der Waals surface area contributed by atoms with Crippen LogP contribution in [0.5, 0.6) is 0 Å². The Hall–Kier alpha value is -2.03. The van der Waals surface area contributed by atoms with E-state index in [1.54, 1.807) is 11.3 Å². The Balaban J connectivity index is 1.39. The van der Waals surface area contributed by atoms with Gasteiger partial charge >= 0.3 is 0 Å². The first-order valence-corrected chi connectivity index (χ1v) is 11.1. The van der Waals surface area contributed by atoms with Crippen LogP contribution in [-0.4, -0.2) is 36.8 Å². The van der Waals surface area contributed by atoms with E-state index in [0.29, 0.717) is 0 Å². The Morgan fingerprint density at radius 1 is 1.21 bits per heavy atom. The molecule has 4 aromatic rings. The van der Waals surface area contributed by atoms with Gasteiger partial charge in [-0.05, 0) is 58.6 Å². The minimum absolute atomic E-state index is 0.108. The Labute approximate surface area is 174 Å². The monoisotopic (exact) mass is 457 g/mol. The molecule has 0 radical (unpaired) electrons. The standard InChI is InChI=1S/C20H20BrN5OS/c21-18-7-8-19-22-11-13(26(19)25-18)9-12-5-6-15-17(10-12)28-20(24-15)23-14-3-1-2-4-16(14)27/h5-8,10-11,14,16,27H,1-4,9H2,(H,23,24)/t14-,16-/m1/s1. The van der Waals surface area contributed by atoms with Crippen molar-refractivity contribution in [1.82, 2.24) is 19.6 Å². The topological polar surface area (TPSA) is 75.3 Å². The summed E-state index contributed by atoms with van der Waals surface area (Å²) in [5.74, 6) is 0. The van der Waals surface area contributed by atoms with Gasteiger partial charge in [0, 0.05) is 6.42 Å². The summed E-state index contributed by atoms with van der Waals surface area (Å²) in [5, 5.41) is 19.0. The Bertz CT molecular complexity index is 1140. The summed E-state index contributed by atoms with van der Waals surface area (Å²) in [6.45, 7) is 0. The minimum Gasteiger partial charge on any atom is -0.391 e. The SMILES string of the molecule is O[C@@H]1CCCC[C@H]1Nc1nc2ccc(Cc3cnc4ccc(Br)nn34)cc2s1. The summed E-state index contributed by atoms with van der Waals surface area (Å²) in [7, 11) is 0. The second-order valence-corrected chi connectivity index (χ2v) is 9.12. The van der Waals surface area contributed by atoms with E-state index in [-0.39, 0.29) is 12.1 Å². The Morgan fingerprint density at radius 2 is 2.11 bits per heavy atom. The number of aliphatic hydroxyl groups is 1. The van der Waals surface area contributed by atoms with Gasteiger partial charge in [-0.2, -0.15) is 5.10 Å². The van der Waals surface area contributed by atoms with Gasteiger partial charge in [-0.25, -0.2) is 14.5 Å². The van der Waals surface area contributed by atoms with Gasteiger partial charge in [0.1, 0.15) is 4.60 Å². The number of aliphatic hydroxyl groups excluding tert-OH is 1. The molecule has 3 heterocycles. The molecule has 0 aliphatic heterocycles. The molecule has 144 valence electrons. The molecule has 1 fully saturated rings. The summed E-state index contributed by atoms with van der Waals surface area (Å²) in [4.78, 5) is 9.13. The van der Waals surface area contributed by atoms with Gasteiger partial charge in [0.15, 0.2) is 10.8 Å². The molecule has 0 spiro atoms. The lowest BCUT2D eigenvalue weighted by atomic mass is 9.93. The van der Waals surface area contributed by atoms with Crippen LogP contribution in [0.1, 0.15) is 36.9 Å². The molecule has 0 bridgehead atoms. The van der Waals surface area contributed by atoms with Crippen LogP contribution in [0.15, 0.2) is 41.1 Å². The number of thiazole rings is 1. The van der Waals surface area contributed by atoms with E-state index in [2.05, 4.69) is 49.5 Å². The normalized spacial score (nSPS) is 20.1. The van der Waals surface area contributed by atoms with E-state index < -0.39 is 0 Å². The number of hydrogen-bond donors (Lipinski definition) is 2. The third-order valence-corrected chi connectivity index (χ3v) is 6.65. The van der Waals surface area contributed by atoms with E-state index in [0.717, 1.165) is 63.4 Å². The number of nitrogens with one attached hydrogen (secondary N) is 1. The molecule has 1 aliphatic carbocycles. The van der Waals surface area contributed by atoms with Crippen LogP contribution in [0, 0.1) is 0 Å². The summed E-state index contributed by atoms with van der Waals surface area (Å²) < 4.78 is 3.81. The molecule has 2 N–H and O–H groups in total. The maximum absolute atomic E-state index is 10.2. The lowest BCUT2D eigenvalue weighted by Crippen LogP contribution is -2.36. The molecular formula is C20H20BrN5OS. The second-order valence-electron chi connectivity index (χ2n) is 7.28. The fraction of sp³-hybridized carbons (Fsp3) is 0.350. The van der Waals surface area contributed by atoms with Crippen LogP contribution in [0.2, 0.25) is 0 Å². The lowest BCUT2D eigenvalue weighted by Gasteiger charge is -2.27. The molecule has 3 aromatic heterocycles. The van der Waals surface area contributed by atoms with Crippen LogP contribution in [0.3, 0.4) is 0 Å². The number of anilines is 1. The summed E-state index contributed by atoms with van der Waals surface area (Å²) in [5.41, 5.74) is 4.07. The number of imidazole rings is 1. The van der Waals surface area contributed by atoms with Gasteiger partial charge in [-0.15, -0.1) is 0 Å². The van der Waals surface area contributed by atoms with Crippen LogP contribution >= 0.6 is 27.3 Å². The second kappa shape index (κ2) is 7.42. The zero-order chi connectivity index (χ0) is 19.1. The molecule has 1 aliphatic rings. The molecule has 6 nitrogen and oxygen atoms in total. The average molecular weight is 458 g/mol. The van der Waals surface area contributed by atoms with Crippen molar-refractivity contribution in [2.45, 2.75) is 44.2 Å². The predicted molar refractivity (Wildman–Crippen MR) is 115 cm³/mol. The van der Waals surface area contributed by atoms with Crippen molar-refractivity contribution in [2.24, 2.45) is 0 Å². The van der Waals surface area contributed by atoms with Crippen molar-refractivity contribution in [3.63, 3.8) is 0 Å². The Kier molecular flexibility index (Phi) is 4.78.